The van der Waals surface area contributed by atoms with Crippen LogP contribution in [0, 0.1) is 6.92 Å². The number of aryl methyl sites for hydroxylation is 1. The molecule has 3 aromatic heterocycles. The minimum Gasteiger partial charge on any atom is -0.497 e. The molecule has 0 saturated heterocycles. The number of amides is 1. The molecule has 7 rings (SSSR count). The van der Waals surface area contributed by atoms with Crippen LogP contribution in [0.3, 0.4) is 0 Å². The number of fused-ring (bicyclic) bond motifs is 2. The number of nitrogens with zero attached hydrogens (tertiary/aromatic N) is 4. The van der Waals surface area contributed by atoms with Gasteiger partial charge in [-0.2, -0.15) is 17.7 Å². The molecule has 1 fully saturated rings. The van der Waals surface area contributed by atoms with Crippen LogP contribution in [-0.4, -0.2) is 45.4 Å². The van der Waals surface area contributed by atoms with Gasteiger partial charge in [-0.05, 0) is 97.5 Å². The van der Waals surface area contributed by atoms with Crippen LogP contribution in [0.5, 0.6) is 5.75 Å². The second-order valence-corrected chi connectivity index (χ2v) is 9.60. The van der Waals surface area contributed by atoms with Crippen LogP contribution < -0.4 is 15.4 Å². The van der Waals surface area contributed by atoms with Crippen LogP contribution in [-0.2, 0) is 5.54 Å². The summed E-state index contributed by atoms with van der Waals surface area (Å²) in [5.74, 6) is 0.570. The number of ether oxygens (including phenoxy) is 1. The summed E-state index contributed by atoms with van der Waals surface area (Å²) in [7, 11) is 1.61. The fourth-order valence-corrected chi connectivity index (χ4v) is 4.69. The molecule has 2 aromatic carbocycles. The van der Waals surface area contributed by atoms with Gasteiger partial charge in [-0.15, -0.1) is 0 Å². The van der Waals surface area contributed by atoms with Gasteiger partial charge in [0.1, 0.15) is 12.1 Å². The first-order valence-electron chi connectivity index (χ1n) is 13.1. The summed E-state index contributed by atoms with van der Waals surface area (Å²) in [4.78, 5) is 22.2. The number of hydrogen-bond donors (Lipinski definition) is 3. The Balaban J connectivity index is 0.000000487. The molecule has 2 aliphatic rings. The molecule has 0 bridgehead atoms. The summed E-state index contributed by atoms with van der Waals surface area (Å²) in [6.45, 7) is 3.01. The third-order valence-corrected chi connectivity index (χ3v) is 7.11. The van der Waals surface area contributed by atoms with Gasteiger partial charge in [0.05, 0.1) is 18.2 Å². The van der Waals surface area contributed by atoms with Crippen molar-refractivity contribution in [2.75, 3.05) is 19.9 Å². The van der Waals surface area contributed by atoms with E-state index in [1.807, 2.05) is 49.7 Å². The van der Waals surface area contributed by atoms with E-state index in [2.05, 4.69) is 62.6 Å². The molecule has 1 saturated carbocycles. The number of aromatic nitrogens is 4. The van der Waals surface area contributed by atoms with E-state index < -0.39 is 5.54 Å². The summed E-state index contributed by atoms with van der Waals surface area (Å²) >= 11 is 3.53. The lowest BCUT2D eigenvalue weighted by molar-refractivity contribution is 0.0930. The molecule has 4 heterocycles. The molecule has 1 amide bonds. The summed E-state index contributed by atoms with van der Waals surface area (Å²) in [5, 5.41) is 11.6. The van der Waals surface area contributed by atoms with E-state index in [9.17, 15) is 4.79 Å². The summed E-state index contributed by atoms with van der Waals surface area (Å²) in [6, 6.07) is 17.8. The predicted octanol–water partition coefficient (Wildman–Crippen LogP) is 5.33. The van der Waals surface area contributed by atoms with Gasteiger partial charge in [0, 0.05) is 35.5 Å². The quantitative estimate of drug-likeness (QED) is 0.255. The Morgan fingerprint density at radius 3 is 2.55 bits per heavy atom. The number of rotatable bonds is 5. The zero-order valence-corrected chi connectivity index (χ0v) is 23.7. The standard InChI is InChI=1S/C27H23N5O2.C3H5N.CH4S/c1-17-5-7-20(34-2)14-22(17)26(33)31-27(9-10-27)23-12-19(13-24-21(23)4-3-11-28-24)18-6-8-25-29-16-30-32(25)15-18;1-2-4-3-1;1-2/h3-8,11-16H,9-10H2,1-2H3,(H,31,33);1-2,4H,3H2;2H,1H3. The van der Waals surface area contributed by atoms with Gasteiger partial charge in [0.2, 0.25) is 0 Å². The second-order valence-electron chi connectivity index (χ2n) is 9.60. The van der Waals surface area contributed by atoms with E-state index in [4.69, 9.17) is 4.74 Å². The molecule has 0 atom stereocenters. The molecular formula is C31H32N6O2S. The van der Waals surface area contributed by atoms with Gasteiger partial charge in [-0.25, -0.2) is 9.50 Å². The van der Waals surface area contributed by atoms with Crippen molar-refractivity contribution >= 4 is 35.1 Å². The number of thiol groups is 1. The second kappa shape index (κ2) is 11.8. The van der Waals surface area contributed by atoms with Crippen molar-refractivity contribution in [3.05, 3.63) is 102 Å². The number of carbonyl (C=O) groups excluding carboxylic acids is 1. The maximum atomic E-state index is 13.4. The van der Waals surface area contributed by atoms with E-state index in [0.717, 1.165) is 58.2 Å². The van der Waals surface area contributed by atoms with Crippen molar-refractivity contribution in [1.82, 2.24) is 30.2 Å². The zero-order valence-electron chi connectivity index (χ0n) is 22.8. The van der Waals surface area contributed by atoms with Crippen molar-refractivity contribution in [2.24, 2.45) is 0 Å². The molecule has 204 valence electrons. The number of benzene rings is 2. The molecule has 40 heavy (non-hydrogen) atoms. The highest BCUT2D eigenvalue weighted by Crippen LogP contribution is 2.49. The van der Waals surface area contributed by atoms with Crippen LogP contribution in [0.15, 0.2) is 85.6 Å². The first kappa shape index (κ1) is 27.2. The monoisotopic (exact) mass is 552 g/mol. The highest BCUT2D eigenvalue weighted by molar-refractivity contribution is 7.79. The Kier molecular flexibility index (Phi) is 8.02. The van der Waals surface area contributed by atoms with Gasteiger partial charge in [0.15, 0.2) is 5.65 Å². The topological polar surface area (TPSA) is 93.4 Å². The largest absolute Gasteiger partial charge is 0.497 e. The highest BCUT2D eigenvalue weighted by atomic mass is 32.1. The smallest absolute Gasteiger partial charge is 0.252 e. The Morgan fingerprint density at radius 1 is 1.07 bits per heavy atom. The number of methoxy groups -OCH3 is 1. The lowest BCUT2D eigenvalue weighted by atomic mass is 9.93. The van der Waals surface area contributed by atoms with Gasteiger partial charge in [-0.1, -0.05) is 12.1 Å². The molecule has 0 radical (unpaired) electrons. The van der Waals surface area contributed by atoms with E-state index in [-0.39, 0.29) is 5.91 Å². The summed E-state index contributed by atoms with van der Waals surface area (Å²) in [5.41, 5.74) is 5.92. The van der Waals surface area contributed by atoms with Crippen molar-refractivity contribution < 1.29 is 9.53 Å². The number of hydrogen-bond acceptors (Lipinski definition) is 7. The van der Waals surface area contributed by atoms with Crippen molar-refractivity contribution in [3.8, 4) is 16.9 Å². The zero-order chi connectivity index (χ0) is 28.1. The molecule has 9 heteroatoms. The minimum atomic E-state index is -0.429. The van der Waals surface area contributed by atoms with Gasteiger partial charge in [0.25, 0.3) is 5.91 Å². The average Bonchev–Trinajstić information content (AvgIpc) is 3.57. The van der Waals surface area contributed by atoms with Crippen molar-refractivity contribution in [3.63, 3.8) is 0 Å². The molecule has 0 spiro atoms. The molecule has 8 nitrogen and oxygen atoms in total. The van der Waals surface area contributed by atoms with E-state index >= 15 is 0 Å². The number of nitrogens with one attached hydrogen (secondary N) is 2. The summed E-state index contributed by atoms with van der Waals surface area (Å²) < 4.78 is 7.10. The van der Waals surface area contributed by atoms with Crippen LogP contribution in [0.25, 0.3) is 27.7 Å². The van der Waals surface area contributed by atoms with Crippen LogP contribution >= 0.6 is 12.6 Å². The third kappa shape index (κ3) is 5.51. The summed E-state index contributed by atoms with van der Waals surface area (Å²) in [6.07, 6.45) is 12.7. The lowest BCUT2D eigenvalue weighted by Crippen LogP contribution is -2.35. The lowest BCUT2D eigenvalue weighted by Gasteiger charge is -2.22. The van der Waals surface area contributed by atoms with Crippen LogP contribution in [0.1, 0.15) is 34.3 Å². The molecular weight excluding hydrogens is 520 g/mol. The van der Waals surface area contributed by atoms with Crippen LogP contribution in [0.4, 0.5) is 0 Å². The third-order valence-electron chi connectivity index (χ3n) is 7.11. The Bertz CT molecular complexity index is 1690. The van der Waals surface area contributed by atoms with Gasteiger partial charge in [-0.3, -0.25) is 9.78 Å². The maximum Gasteiger partial charge on any atom is 0.252 e. The minimum absolute atomic E-state index is 0.0969. The van der Waals surface area contributed by atoms with E-state index in [0.29, 0.717) is 11.3 Å². The first-order chi connectivity index (χ1) is 19.6. The SMILES string of the molecule is C1=CNC1.COc1ccc(C)c(C(=O)NC2(c3cc(-c4ccc5ncnn5c4)cc4ncccc34)CC2)c1.CS. The van der Waals surface area contributed by atoms with Crippen molar-refractivity contribution in [1.29, 1.82) is 0 Å². The fraction of sp³-hybridized carbons (Fsp3) is 0.226. The molecule has 1 aliphatic carbocycles. The fourth-order valence-electron chi connectivity index (χ4n) is 4.69. The van der Waals surface area contributed by atoms with Crippen LogP contribution in [0.2, 0.25) is 0 Å². The average molecular weight is 553 g/mol. The first-order valence-corrected chi connectivity index (χ1v) is 14.0. The highest BCUT2D eigenvalue weighted by Gasteiger charge is 2.47. The van der Waals surface area contributed by atoms with E-state index in [1.165, 1.54) is 0 Å². The van der Waals surface area contributed by atoms with Crippen molar-refractivity contribution in [2.45, 2.75) is 25.3 Å². The molecule has 2 N–H and O–H groups in total. The number of pyridine rings is 2. The van der Waals surface area contributed by atoms with E-state index in [1.54, 1.807) is 36.5 Å². The maximum absolute atomic E-state index is 13.4. The predicted molar refractivity (Wildman–Crippen MR) is 162 cm³/mol. The Labute approximate surface area is 238 Å². The molecule has 0 unspecified atom stereocenters. The van der Waals surface area contributed by atoms with Gasteiger partial charge < -0.3 is 15.4 Å². The molecule has 5 aromatic rings. The normalized spacial score (nSPS) is 14.1. The Hall–Kier alpha value is -4.37. The Morgan fingerprint density at radius 2 is 1.85 bits per heavy atom. The number of carbonyl (C=O) groups is 1. The van der Waals surface area contributed by atoms with Gasteiger partial charge >= 0.3 is 0 Å². The molecule has 1 aliphatic heterocycles.